The number of likely N-dealkylation sites (tertiary alicyclic amines) is 1. The van der Waals surface area contributed by atoms with Crippen LogP contribution < -0.4 is 5.56 Å². The number of H-pyrrole nitrogens is 1. The standard InChI is InChI=1S/C19H27N5O2/c1-13-17(19(26)22-14(2)21-13)12-18(25)24-9-5-4-6-16(24)7-10-23-11-8-20-15(23)3/h8,11,16H,4-7,9-10,12H2,1-3H3,(H,21,22,26)/t16-/m0/s1. The Morgan fingerprint density at radius 1 is 1.31 bits per heavy atom. The maximum atomic E-state index is 12.9. The zero-order valence-corrected chi connectivity index (χ0v) is 15.8. The largest absolute Gasteiger partial charge is 0.339 e. The van der Waals surface area contributed by atoms with E-state index in [2.05, 4.69) is 19.5 Å². The minimum atomic E-state index is -0.203. The van der Waals surface area contributed by atoms with Crippen LogP contribution in [0.3, 0.4) is 0 Å². The van der Waals surface area contributed by atoms with Crippen molar-refractivity contribution in [2.45, 2.75) is 65.5 Å². The zero-order chi connectivity index (χ0) is 18.7. The summed E-state index contributed by atoms with van der Waals surface area (Å²) in [6, 6.07) is 0.218. The monoisotopic (exact) mass is 357 g/mol. The number of nitrogens with one attached hydrogen (secondary N) is 1. The Morgan fingerprint density at radius 2 is 2.12 bits per heavy atom. The number of rotatable bonds is 5. The molecule has 1 fully saturated rings. The summed E-state index contributed by atoms with van der Waals surface area (Å²) in [5.41, 5.74) is 0.920. The number of carbonyl (C=O) groups excluding carboxylic acids is 1. The average Bonchev–Trinajstić information content (AvgIpc) is 3.01. The molecule has 0 spiro atoms. The number of imidazole rings is 1. The molecule has 2 aromatic rings. The van der Waals surface area contributed by atoms with Crippen molar-refractivity contribution in [1.82, 2.24) is 24.4 Å². The molecule has 3 heterocycles. The fourth-order valence-electron chi connectivity index (χ4n) is 3.77. The second kappa shape index (κ2) is 7.85. The Morgan fingerprint density at radius 3 is 2.81 bits per heavy atom. The predicted molar refractivity (Wildman–Crippen MR) is 99.0 cm³/mol. The lowest BCUT2D eigenvalue weighted by Gasteiger charge is -2.36. The smallest absolute Gasteiger partial charge is 0.254 e. The zero-order valence-electron chi connectivity index (χ0n) is 15.8. The minimum absolute atomic E-state index is 0.0244. The third kappa shape index (κ3) is 4.03. The van der Waals surface area contributed by atoms with E-state index < -0.39 is 0 Å². The van der Waals surface area contributed by atoms with E-state index >= 15 is 0 Å². The lowest BCUT2D eigenvalue weighted by molar-refractivity contribution is -0.134. The number of aromatic amines is 1. The molecule has 140 valence electrons. The summed E-state index contributed by atoms with van der Waals surface area (Å²) in [6.45, 7) is 7.15. The van der Waals surface area contributed by atoms with Gasteiger partial charge in [-0.25, -0.2) is 9.97 Å². The summed E-state index contributed by atoms with van der Waals surface area (Å²) < 4.78 is 2.12. The van der Waals surface area contributed by atoms with Crippen LogP contribution in [0.25, 0.3) is 0 Å². The molecule has 0 saturated carbocycles. The molecule has 1 amide bonds. The highest BCUT2D eigenvalue weighted by Crippen LogP contribution is 2.21. The first-order chi connectivity index (χ1) is 12.5. The summed E-state index contributed by atoms with van der Waals surface area (Å²) >= 11 is 0. The molecule has 0 bridgehead atoms. The van der Waals surface area contributed by atoms with Crippen molar-refractivity contribution in [3.63, 3.8) is 0 Å². The van der Waals surface area contributed by atoms with Crippen LogP contribution >= 0.6 is 0 Å². The molecule has 1 aliphatic heterocycles. The van der Waals surface area contributed by atoms with Crippen molar-refractivity contribution in [3.8, 4) is 0 Å². The molecule has 3 rings (SSSR count). The van der Waals surface area contributed by atoms with E-state index in [1.165, 1.54) is 0 Å². The Balaban J connectivity index is 1.70. The molecule has 0 unspecified atom stereocenters. The molecule has 2 aromatic heterocycles. The van der Waals surface area contributed by atoms with Crippen LogP contribution in [0.15, 0.2) is 17.2 Å². The first kappa shape index (κ1) is 18.4. The Bertz CT molecular complexity index is 839. The van der Waals surface area contributed by atoms with Gasteiger partial charge in [0.15, 0.2) is 0 Å². The fraction of sp³-hybridized carbons (Fsp3) is 0.579. The highest BCUT2D eigenvalue weighted by Gasteiger charge is 2.27. The van der Waals surface area contributed by atoms with Gasteiger partial charge in [0.2, 0.25) is 5.91 Å². The normalized spacial score (nSPS) is 17.5. The Labute approximate surface area is 153 Å². The van der Waals surface area contributed by atoms with Crippen LogP contribution in [0.2, 0.25) is 0 Å². The summed E-state index contributed by atoms with van der Waals surface area (Å²) in [6.07, 6.45) is 7.99. The molecular formula is C19H27N5O2. The summed E-state index contributed by atoms with van der Waals surface area (Å²) in [4.78, 5) is 38.3. The van der Waals surface area contributed by atoms with Gasteiger partial charge < -0.3 is 14.5 Å². The molecule has 1 aliphatic rings. The summed E-state index contributed by atoms with van der Waals surface area (Å²) in [7, 11) is 0. The van der Waals surface area contributed by atoms with E-state index in [9.17, 15) is 9.59 Å². The first-order valence-electron chi connectivity index (χ1n) is 9.29. The SMILES string of the molecule is Cc1nc(C)c(CC(=O)N2CCCC[C@H]2CCn2ccnc2C)c(=O)[nH]1. The summed E-state index contributed by atoms with van der Waals surface area (Å²) in [5, 5.41) is 0. The molecular weight excluding hydrogens is 330 g/mol. The second-order valence-corrected chi connectivity index (χ2v) is 7.09. The molecule has 0 aromatic carbocycles. The van der Waals surface area contributed by atoms with Gasteiger partial charge >= 0.3 is 0 Å². The van der Waals surface area contributed by atoms with Gasteiger partial charge in [0, 0.05) is 42.8 Å². The van der Waals surface area contributed by atoms with Crippen LogP contribution in [-0.2, 0) is 17.8 Å². The number of nitrogens with zero attached hydrogens (tertiary/aromatic N) is 4. The number of carbonyl (C=O) groups is 1. The van der Waals surface area contributed by atoms with Gasteiger partial charge in [0.25, 0.3) is 5.56 Å². The van der Waals surface area contributed by atoms with Crippen LogP contribution in [-0.4, -0.2) is 42.9 Å². The van der Waals surface area contributed by atoms with Gasteiger partial charge in [-0.15, -0.1) is 0 Å². The molecule has 7 nitrogen and oxygen atoms in total. The average molecular weight is 357 g/mol. The van der Waals surface area contributed by atoms with Gasteiger partial charge in [-0.05, 0) is 46.5 Å². The fourth-order valence-corrected chi connectivity index (χ4v) is 3.77. The van der Waals surface area contributed by atoms with Crippen molar-refractivity contribution in [2.24, 2.45) is 0 Å². The van der Waals surface area contributed by atoms with E-state index in [1.807, 2.05) is 18.0 Å². The molecule has 26 heavy (non-hydrogen) atoms. The van der Waals surface area contributed by atoms with Crippen molar-refractivity contribution < 1.29 is 4.79 Å². The lowest BCUT2D eigenvalue weighted by atomic mass is 9.98. The second-order valence-electron chi connectivity index (χ2n) is 7.09. The quantitative estimate of drug-likeness (QED) is 0.886. The van der Waals surface area contributed by atoms with E-state index in [-0.39, 0.29) is 23.9 Å². The third-order valence-electron chi connectivity index (χ3n) is 5.24. The van der Waals surface area contributed by atoms with Gasteiger partial charge in [0.05, 0.1) is 6.42 Å². The van der Waals surface area contributed by atoms with Crippen molar-refractivity contribution in [2.75, 3.05) is 6.54 Å². The molecule has 0 radical (unpaired) electrons. The van der Waals surface area contributed by atoms with Gasteiger partial charge in [0.1, 0.15) is 11.6 Å². The van der Waals surface area contributed by atoms with Crippen LogP contribution in [0, 0.1) is 20.8 Å². The van der Waals surface area contributed by atoms with Gasteiger partial charge in [-0.2, -0.15) is 0 Å². The van der Waals surface area contributed by atoms with E-state index in [4.69, 9.17) is 0 Å². The van der Waals surface area contributed by atoms with Gasteiger partial charge in [-0.1, -0.05) is 0 Å². The highest BCUT2D eigenvalue weighted by atomic mass is 16.2. The maximum Gasteiger partial charge on any atom is 0.254 e. The number of amides is 1. The van der Waals surface area contributed by atoms with E-state index in [0.29, 0.717) is 17.1 Å². The van der Waals surface area contributed by atoms with E-state index in [1.54, 1.807) is 20.0 Å². The van der Waals surface area contributed by atoms with Crippen LogP contribution in [0.1, 0.15) is 48.6 Å². The number of aromatic nitrogens is 4. The summed E-state index contributed by atoms with van der Waals surface area (Å²) in [5.74, 6) is 1.60. The van der Waals surface area contributed by atoms with E-state index in [0.717, 1.165) is 44.6 Å². The Kier molecular flexibility index (Phi) is 5.54. The molecule has 1 atom stereocenters. The van der Waals surface area contributed by atoms with Crippen LogP contribution in [0.5, 0.6) is 0 Å². The molecule has 0 aliphatic carbocycles. The lowest BCUT2D eigenvalue weighted by Crippen LogP contribution is -2.45. The van der Waals surface area contributed by atoms with Crippen molar-refractivity contribution >= 4 is 5.91 Å². The van der Waals surface area contributed by atoms with Crippen LogP contribution in [0.4, 0.5) is 0 Å². The maximum absolute atomic E-state index is 12.9. The Hall–Kier alpha value is -2.44. The predicted octanol–water partition coefficient (Wildman–Crippen LogP) is 1.91. The minimum Gasteiger partial charge on any atom is -0.339 e. The first-order valence-corrected chi connectivity index (χ1v) is 9.29. The third-order valence-corrected chi connectivity index (χ3v) is 5.24. The molecule has 1 N–H and O–H groups in total. The molecule has 1 saturated heterocycles. The number of hydrogen-bond acceptors (Lipinski definition) is 4. The highest BCUT2D eigenvalue weighted by molar-refractivity contribution is 5.79. The van der Waals surface area contributed by atoms with Crippen molar-refractivity contribution in [1.29, 1.82) is 0 Å². The molecule has 7 heteroatoms. The van der Waals surface area contributed by atoms with Crippen molar-refractivity contribution in [3.05, 3.63) is 45.7 Å². The number of aryl methyl sites for hydroxylation is 4. The number of piperidine rings is 1. The van der Waals surface area contributed by atoms with Gasteiger partial charge in [-0.3, -0.25) is 9.59 Å². The topological polar surface area (TPSA) is 83.9 Å². The number of hydrogen-bond donors (Lipinski definition) is 1.